The number of hydrogen-bond acceptors (Lipinski definition) is 2. The van der Waals surface area contributed by atoms with Crippen LogP contribution in [0.3, 0.4) is 0 Å². The summed E-state index contributed by atoms with van der Waals surface area (Å²) < 4.78 is 0. The van der Waals surface area contributed by atoms with Crippen molar-refractivity contribution in [3.05, 3.63) is 0 Å². The molecule has 0 aromatic carbocycles. The van der Waals surface area contributed by atoms with E-state index in [1.807, 2.05) is 13.8 Å². The van der Waals surface area contributed by atoms with Gasteiger partial charge >= 0.3 is 0 Å². The summed E-state index contributed by atoms with van der Waals surface area (Å²) in [7, 11) is 0. The second kappa shape index (κ2) is 6.02. The van der Waals surface area contributed by atoms with Crippen LogP contribution in [0, 0.1) is 11.8 Å². The van der Waals surface area contributed by atoms with E-state index in [-0.39, 0.29) is 6.10 Å². The van der Waals surface area contributed by atoms with Gasteiger partial charge in [0.05, 0.1) is 11.7 Å². The molecule has 1 rings (SSSR count). The lowest BCUT2D eigenvalue weighted by molar-refractivity contribution is -0.0380. The van der Waals surface area contributed by atoms with Crippen LogP contribution in [0.2, 0.25) is 0 Å². The number of rotatable bonds is 5. The van der Waals surface area contributed by atoms with Gasteiger partial charge in [-0.05, 0) is 50.4 Å². The lowest BCUT2D eigenvalue weighted by Gasteiger charge is -2.38. The molecule has 0 aliphatic heterocycles. The van der Waals surface area contributed by atoms with Crippen LogP contribution >= 0.6 is 0 Å². The largest absolute Gasteiger partial charge is 0.393 e. The molecule has 0 amide bonds. The van der Waals surface area contributed by atoms with Gasteiger partial charge in [-0.3, -0.25) is 0 Å². The second-order valence-electron chi connectivity index (χ2n) is 5.55. The van der Waals surface area contributed by atoms with E-state index in [0.717, 1.165) is 44.4 Å². The van der Waals surface area contributed by atoms with E-state index < -0.39 is 5.60 Å². The van der Waals surface area contributed by atoms with Gasteiger partial charge in [0.25, 0.3) is 0 Å². The number of aliphatic hydroxyl groups excluding tert-OH is 1. The van der Waals surface area contributed by atoms with Crippen molar-refractivity contribution in [2.24, 2.45) is 11.8 Å². The van der Waals surface area contributed by atoms with Crippen LogP contribution in [-0.4, -0.2) is 21.9 Å². The molecule has 16 heavy (non-hydrogen) atoms. The second-order valence-corrected chi connectivity index (χ2v) is 5.55. The Morgan fingerprint density at radius 2 is 1.75 bits per heavy atom. The first kappa shape index (κ1) is 14.0. The Morgan fingerprint density at radius 1 is 1.12 bits per heavy atom. The first-order valence-electron chi connectivity index (χ1n) is 6.95. The van der Waals surface area contributed by atoms with Crippen molar-refractivity contribution in [2.75, 3.05) is 0 Å². The van der Waals surface area contributed by atoms with Crippen molar-refractivity contribution in [3.8, 4) is 0 Å². The third-order valence-electron chi connectivity index (χ3n) is 4.59. The van der Waals surface area contributed by atoms with Gasteiger partial charge in [-0.2, -0.15) is 0 Å². The number of aliphatic hydroxyl groups is 2. The first-order chi connectivity index (χ1) is 7.54. The Labute approximate surface area is 100 Å². The minimum Gasteiger partial charge on any atom is -0.393 e. The van der Waals surface area contributed by atoms with Crippen LogP contribution in [-0.2, 0) is 0 Å². The molecule has 2 nitrogen and oxygen atoms in total. The smallest absolute Gasteiger partial charge is 0.0646 e. The Balaban J connectivity index is 2.56. The maximum atomic E-state index is 10.3. The Hall–Kier alpha value is -0.0800. The summed E-state index contributed by atoms with van der Waals surface area (Å²) in [6, 6.07) is 0. The van der Waals surface area contributed by atoms with E-state index in [2.05, 4.69) is 6.92 Å². The molecule has 0 aromatic rings. The molecule has 2 heteroatoms. The van der Waals surface area contributed by atoms with Crippen molar-refractivity contribution in [1.29, 1.82) is 0 Å². The summed E-state index contributed by atoms with van der Waals surface area (Å²) in [5.41, 5.74) is -0.554. The molecule has 2 N–H and O–H groups in total. The summed E-state index contributed by atoms with van der Waals surface area (Å²) in [4.78, 5) is 0. The zero-order valence-corrected chi connectivity index (χ0v) is 11.1. The SMILES string of the molecule is CCC1CCC(O)C(CC(O)(CC)CC)C1. The topological polar surface area (TPSA) is 40.5 Å². The molecule has 1 fully saturated rings. The highest BCUT2D eigenvalue weighted by atomic mass is 16.3. The molecule has 3 atom stereocenters. The zero-order chi connectivity index (χ0) is 12.2. The Kier molecular flexibility index (Phi) is 5.26. The standard InChI is InChI=1S/C14H28O2/c1-4-11-7-8-13(15)12(9-11)10-14(16,5-2)6-3/h11-13,15-16H,4-10H2,1-3H3. The van der Waals surface area contributed by atoms with Crippen LogP contribution in [0.5, 0.6) is 0 Å². The fraction of sp³-hybridized carbons (Fsp3) is 1.00. The van der Waals surface area contributed by atoms with Gasteiger partial charge in [-0.15, -0.1) is 0 Å². The van der Waals surface area contributed by atoms with Crippen LogP contribution in [0.15, 0.2) is 0 Å². The van der Waals surface area contributed by atoms with E-state index >= 15 is 0 Å². The van der Waals surface area contributed by atoms with Gasteiger partial charge < -0.3 is 10.2 Å². The molecule has 0 bridgehead atoms. The van der Waals surface area contributed by atoms with E-state index in [9.17, 15) is 10.2 Å². The average molecular weight is 228 g/mol. The van der Waals surface area contributed by atoms with Gasteiger partial charge in [0.15, 0.2) is 0 Å². The Morgan fingerprint density at radius 3 is 2.25 bits per heavy atom. The van der Waals surface area contributed by atoms with Crippen molar-refractivity contribution in [1.82, 2.24) is 0 Å². The van der Waals surface area contributed by atoms with Crippen molar-refractivity contribution >= 4 is 0 Å². The molecule has 0 aromatic heterocycles. The molecule has 1 aliphatic carbocycles. The molecular weight excluding hydrogens is 200 g/mol. The van der Waals surface area contributed by atoms with Crippen LogP contribution < -0.4 is 0 Å². The van der Waals surface area contributed by atoms with E-state index in [4.69, 9.17) is 0 Å². The zero-order valence-electron chi connectivity index (χ0n) is 11.1. The van der Waals surface area contributed by atoms with Crippen LogP contribution in [0.25, 0.3) is 0 Å². The predicted molar refractivity (Wildman–Crippen MR) is 67.3 cm³/mol. The monoisotopic (exact) mass is 228 g/mol. The summed E-state index contributed by atoms with van der Waals surface area (Å²) in [6.45, 7) is 6.30. The fourth-order valence-electron chi connectivity index (χ4n) is 2.96. The summed E-state index contributed by atoms with van der Waals surface area (Å²) in [5, 5.41) is 20.4. The molecule has 96 valence electrons. The summed E-state index contributed by atoms with van der Waals surface area (Å²) in [6.07, 6.45) is 6.56. The minimum absolute atomic E-state index is 0.188. The average Bonchev–Trinajstić information content (AvgIpc) is 2.32. The van der Waals surface area contributed by atoms with Crippen molar-refractivity contribution in [3.63, 3.8) is 0 Å². The lowest BCUT2D eigenvalue weighted by Crippen LogP contribution is -2.37. The van der Waals surface area contributed by atoms with Gasteiger partial charge in [0.1, 0.15) is 0 Å². The molecule has 0 saturated heterocycles. The van der Waals surface area contributed by atoms with Gasteiger partial charge in [-0.25, -0.2) is 0 Å². The summed E-state index contributed by atoms with van der Waals surface area (Å²) in [5.74, 6) is 1.06. The first-order valence-corrected chi connectivity index (χ1v) is 6.95. The number of hydrogen-bond donors (Lipinski definition) is 2. The highest BCUT2D eigenvalue weighted by Gasteiger charge is 2.34. The summed E-state index contributed by atoms with van der Waals surface area (Å²) >= 11 is 0. The molecule has 0 heterocycles. The third-order valence-corrected chi connectivity index (χ3v) is 4.59. The Bertz CT molecular complexity index is 199. The quantitative estimate of drug-likeness (QED) is 0.759. The normalized spacial score (nSPS) is 31.7. The highest BCUT2D eigenvalue weighted by molar-refractivity contribution is 4.86. The molecule has 1 aliphatic rings. The highest BCUT2D eigenvalue weighted by Crippen LogP contribution is 2.37. The van der Waals surface area contributed by atoms with Gasteiger partial charge in [0.2, 0.25) is 0 Å². The fourth-order valence-corrected chi connectivity index (χ4v) is 2.96. The van der Waals surface area contributed by atoms with Crippen molar-refractivity contribution < 1.29 is 10.2 Å². The van der Waals surface area contributed by atoms with E-state index in [1.165, 1.54) is 6.42 Å². The molecule has 0 spiro atoms. The lowest BCUT2D eigenvalue weighted by atomic mass is 9.73. The van der Waals surface area contributed by atoms with E-state index in [1.54, 1.807) is 0 Å². The molecular formula is C14H28O2. The maximum absolute atomic E-state index is 10.3. The minimum atomic E-state index is -0.554. The van der Waals surface area contributed by atoms with Gasteiger partial charge in [0, 0.05) is 0 Å². The molecule has 0 radical (unpaired) electrons. The van der Waals surface area contributed by atoms with Crippen LogP contribution in [0.1, 0.15) is 65.7 Å². The van der Waals surface area contributed by atoms with E-state index in [0.29, 0.717) is 5.92 Å². The molecule has 3 unspecified atom stereocenters. The predicted octanol–water partition coefficient (Wildman–Crippen LogP) is 3.11. The van der Waals surface area contributed by atoms with Gasteiger partial charge in [-0.1, -0.05) is 27.2 Å². The third kappa shape index (κ3) is 3.46. The maximum Gasteiger partial charge on any atom is 0.0646 e. The molecule has 1 saturated carbocycles. The van der Waals surface area contributed by atoms with Crippen molar-refractivity contribution in [2.45, 2.75) is 77.4 Å². The van der Waals surface area contributed by atoms with Crippen LogP contribution in [0.4, 0.5) is 0 Å².